The molecule has 0 aliphatic rings. The van der Waals surface area contributed by atoms with Crippen LogP contribution in [0.25, 0.3) is 0 Å². The number of carbonyl (C=O) groups is 1. The Balaban J connectivity index is 1.81. The second-order valence-corrected chi connectivity index (χ2v) is 10.2. The Morgan fingerprint density at radius 1 is 0.939 bits per heavy atom. The Morgan fingerprint density at radius 2 is 1.48 bits per heavy atom. The van der Waals surface area contributed by atoms with Gasteiger partial charge in [-0.1, -0.05) is 47.5 Å². The largest absolute Gasteiger partial charge is 0.497 e. The quantitative estimate of drug-likeness (QED) is 0.439. The van der Waals surface area contributed by atoms with Gasteiger partial charge in [-0.25, -0.2) is 8.42 Å². The van der Waals surface area contributed by atoms with E-state index in [-0.39, 0.29) is 24.0 Å². The van der Waals surface area contributed by atoms with Crippen LogP contribution >= 0.6 is 23.2 Å². The average molecular weight is 507 g/mol. The van der Waals surface area contributed by atoms with Gasteiger partial charge in [0.05, 0.1) is 24.6 Å². The summed E-state index contributed by atoms with van der Waals surface area (Å²) in [6.07, 6.45) is 0. The molecule has 0 saturated carbocycles. The van der Waals surface area contributed by atoms with E-state index < -0.39 is 15.9 Å². The number of nitrogens with one attached hydrogen (secondary N) is 1. The van der Waals surface area contributed by atoms with Gasteiger partial charge in [0, 0.05) is 16.6 Å². The van der Waals surface area contributed by atoms with Crippen molar-refractivity contribution in [1.29, 1.82) is 0 Å². The molecule has 0 saturated heterocycles. The number of ether oxygens (including phenoxy) is 1. The minimum Gasteiger partial charge on any atom is -0.497 e. The lowest BCUT2D eigenvalue weighted by molar-refractivity contribution is -0.122. The number of sulfonamides is 1. The van der Waals surface area contributed by atoms with Crippen molar-refractivity contribution < 1.29 is 17.9 Å². The monoisotopic (exact) mass is 506 g/mol. The molecule has 1 amide bonds. The van der Waals surface area contributed by atoms with E-state index in [0.29, 0.717) is 21.4 Å². The van der Waals surface area contributed by atoms with Crippen molar-refractivity contribution in [3.63, 3.8) is 0 Å². The molecule has 0 bridgehead atoms. The lowest BCUT2D eigenvalue weighted by atomic mass is 10.1. The summed E-state index contributed by atoms with van der Waals surface area (Å²) >= 11 is 11.9. The molecule has 0 aliphatic carbocycles. The Bertz CT molecular complexity index is 1180. The van der Waals surface area contributed by atoms with Crippen molar-refractivity contribution in [3.8, 4) is 5.75 Å². The zero-order chi connectivity index (χ0) is 24.0. The first-order valence-corrected chi connectivity index (χ1v) is 12.3. The average Bonchev–Trinajstić information content (AvgIpc) is 2.80. The fourth-order valence-corrected chi connectivity index (χ4v) is 4.83. The first kappa shape index (κ1) is 25.1. The number of hydrogen-bond donors (Lipinski definition) is 1. The highest BCUT2D eigenvalue weighted by molar-refractivity contribution is 7.89. The number of halogens is 2. The van der Waals surface area contributed by atoms with Crippen LogP contribution in [-0.2, 0) is 21.4 Å². The van der Waals surface area contributed by atoms with Gasteiger partial charge in [-0.15, -0.1) is 0 Å². The van der Waals surface area contributed by atoms with E-state index in [2.05, 4.69) is 5.32 Å². The van der Waals surface area contributed by atoms with E-state index in [9.17, 15) is 13.2 Å². The summed E-state index contributed by atoms with van der Waals surface area (Å²) in [5.41, 5.74) is 1.57. The van der Waals surface area contributed by atoms with E-state index in [1.807, 2.05) is 19.1 Å². The summed E-state index contributed by atoms with van der Waals surface area (Å²) in [6, 6.07) is 19.6. The van der Waals surface area contributed by atoms with E-state index >= 15 is 0 Å². The number of rotatable bonds is 9. The summed E-state index contributed by atoms with van der Waals surface area (Å²) in [5, 5.41) is 3.82. The molecule has 1 atom stereocenters. The molecule has 1 N–H and O–H groups in total. The molecular formula is C24H24Cl2N2O4S. The Kier molecular flexibility index (Phi) is 8.37. The fraction of sp³-hybridized carbons (Fsp3) is 0.208. The fourth-order valence-electron chi connectivity index (χ4n) is 3.20. The van der Waals surface area contributed by atoms with Crippen molar-refractivity contribution in [2.45, 2.75) is 24.4 Å². The van der Waals surface area contributed by atoms with Crippen molar-refractivity contribution in [1.82, 2.24) is 9.62 Å². The van der Waals surface area contributed by atoms with Crippen molar-refractivity contribution >= 4 is 39.1 Å². The first-order chi connectivity index (χ1) is 15.7. The molecule has 0 spiro atoms. The maximum Gasteiger partial charge on any atom is 0.243 e. The van der Waals surface area contributed by atoms with Crippen LogP contribution < -0.4 is 10.1 Å². The van der Waals surface area contributed by atoms with E-state index in [0.717, 1.165) is 9.87 Å². The second kappa shape index (κ2) is 11.0. The van der Waals surface area contributed by atoms with Gasteiger partial charge < -0.3 is 10.1 Å². The van der Waals surface area contributed by atoms with Gasteiger partial charge in [-0.2, -0.15) is 4.31 Å². The Labute approximate surface area is 204 Å². The van der Waals surface area contributed by atoms with Crippen LogP contribution in [-0.4, -0.2) is 32.3 Å². The molecule has 3 aromatic rings. The van der Waals surface area contributed by atoms with Gasteiger partial charge in [0.15, 0.2) is 0 Å². The van der Waals surface area contributed by atoms with Crippen LogP contribution in [0.2, 0.25) is 10.0 Å². The summed E-state index contributed by atoms with van der Waals surface area (Å²) in [7, 11) is -2.39. The first-order valence-electron chi connectivity index (χ1n) is 10.1. The molecule has 3 rings (SSSR count). The molecule has 0 fully saturated rings. The zero-order valence-corrected chi connectivity index (χ0v) is 20.5. The molecule has 33 heavy (non-hydrogen) atoms. The van der Waals surface area contributed by atoms with E-state index in [4.69, 9.17) is 27.9 Å². The molecule has 9 heteroatoms. The van der Waals surface area contributed by atoms with Crippen LogP contribution in [0.4, 0.5) is 0 Å². The smallest absolute Gasteiger partial charge is 0.243 e. The third-order valence-corrected chi connectivity index (χ3v) is 7.35. The van der Waals surface area contributed by atoms with Crippen LogP contribution in [0.5, 0.6) is 5.75 Å². The highest BCUT2D eigenvalue weighted by Crippen LogP contribution is 2.22. The molecule has 0 radical (unpaired) electrons. The van der Waals surface area contributed by atoms with E-state index in [1.54, 1.807) is 43.5 Å². The van der Waals surface area contributed by atoms with Crippen LogP contribution in [0.15, 0.2) is 77.7 Å². The maximum atomic E-state index is 13.3. The second-order valence-electron chi connectivity index (χ2n) is 7.42. The molecule has 0 unspecified atom stereocenters. The van der Waals surface area contributed by atoms with Gasteiger partial charge >= 0.3 is 0 Å². The lowest BCUT2D eigenvalue weighted by Gasteiger charge is -2.23. The van der Waals surface area contributed by atoms with Crippen molar-refractivity contribution in [2.75, 3.05) is 13.7 Å². The molecule has 6 nitrogen and oxygen atoms in total. The number of amides is 1. The van der Waals surface area contributed by atoms with Gasteiger partial charge in [0.1, 0.15) is 5.75 Å². The predicted molar refractivity (Wildman–Crippen MR) is 130 cm³/mol. The zero-order valence-electron chi connectivity index (χ0n) is 18.2. The maximum absolute atomic E-state index is 13.3. The predicted octanol–water partition coefficient (Wildman–Crippen LogP) is 5.07. The molecule has 0 aliphatic heterocycles. The molecule has 3 aromatic carbocycles. The number of benzene rings is 3. The number of hydrogen-bond acceptors (Lipinski definition) is 4. The number of methoxy groups -OCH3 is 1. The van der Waals surface area contributed by atoms with Crippen LogP contribution in [0.3, 0.4) is 0 Å². The molecule has 0 heterocycles. The third kappa shape index (κ3) is 6.71. The Hall–Kier alpha value is -2.58. The van der Waals surface area contributed by atoms with Crippen LogP contribution in [0, 0.1) is 0 Å². The minimum atomic E-state index is -3.97. The molecule has 174 valence electrons. The van der Waals surface area contributed by atoms with Gasteiger partial charge in [-0.05, 0) is 66.6 Å². The third-order valence-electron chi connectivity index (χ3n) is 5.04. The normalized spacial score (nSPS) is 12.4. The number of nitrogens with zero attached hydrogens (tertiary/aromatic N) is 1. The SMILES string of the molecule is COc1ccc([C@@H](C)NC(=O)CN(Cc2ccc(Cl)cc2)S(=O)(=O)c2ccc(Cl)cc2)cc1. The summed E-state index contributed by atoms with van der Waals surface area (Å²) in [6.45, 7) is 1.48. The Morgan fingerprint density at radius 3 is 2.03 bits per heavy atom. The van der Waals surface area contributed by atoms with Gasteiger partial charge in [0.25, 0.3) is 0 Å². The lowest BCUT2D eigenvalue weighted by Crippen LogP contribution is -2.41. The summed E-state index contributed by atoms with van der Waals surface area (Å²) in [4.78, 5) is 12.9. The minimum absolute atomic E-state index is 0.00641. The highest BCUT2D eigenvalue weighted by Gasteiger charge is 2.27. The number of carbonyl (C=O) groups excluding carboxylic acids is 1. The van der Waals surface area contributed by atoms with Crippen LogP contribution in [0.1, 0.15) is 24.1 Å². The van der Waals surface area contributed by atoms with Gasteiger partial charge in [0.2, 0.25) is 15.9 Å². The molecule has 0 aromatic heterocycles. The highest BCUT2D eigenvalue weighted by atomic mass is 35.5. The summed E-state index contributed by atoms with van der Waals surface area (Å²) in [5.74, 6) is 0.283. The van der Waals surface area contributed by atoms with E-state index in [1.165, 1.54) is 24.3 Å². The standard InChI is InChI=1S/C24H24Cl2N2O4S/c1-17(19-5-11-22(32-2)12-6-19)27-24(29)16-28(15-18-3-7-20(25)8-4-18)33(30,31)23-13-9-21(26)10-14-23/h3-14,17H,15-16H2,1-2H3,(H,27,29)/t17-/m1/s1. The van der Waals surface area contributed by atoms with Crippen molar-refractivity contribution in [3.05, 3.63) is 94.0 Å². The molecular weight excluding hydrogens is 483 g/mol. The van der Waals surface area contributed by atoms with Crippen molar-refractivity contribution in [2.24, 2.45) is 0 Å². The summed E-state index contributed by atoms with van der Waals surface area (Å²) < 4.78 is 33.0. The van der Waals surface area contributed by atoms with Gasteiger partial charge in [-0.3, -0.25) is 4.79 Å². The topological polar surface area (TPSA) is 75.7 Å².